The molecule has 0 bridgehead atoms. The summed E-state index contributed by atoms with van der Waals surface area (Å²) in [6, 6.07) is 15.7. The zero-order valence-corrected chi connectivity index (χ0v) is 18.9. The second-order valence-electron chi connectivity index (χ2n) is 8.14. The van der Waals surface area contributed by atoms with Crippen LogP contribution in [0.4, 0.5) is 0 Å². The van der Waals surface area contributed by atoms with E-state index < -0.39 is 0 Å². The normalized spacial score (nSPS) is 15.5. The van der Waals surface area contributed by atoms with Crippen molar-refractivity contribution in [3.05, 3.63) is 77.2 Å². The van der Waals surface area contributed by atoms with E-state index in [1.165, 1.54) is 0 Å². The zero-order chi connectivity index (χ0) is 22.9. The first-order valence-corrected chi connectivity index (χ1v) is 10.8. The molecule has 2 heterocycles. The fourth-order valence-electron chi connectivity index (χ4n) is 4.55. The van der Waals surface area contributed by atoms with E-state index in [1.54, 1.807) is 27.5 Å². The van der Waals surface area contributed by atoms with Crippen LogP contribution in [0, 0.1) is 0 Å². The lowest BCUT2D eigenvalue weighted by molar-refractivity contribution is 0.0962. The quantitative estimate of drug-likeness (QED) is 0.438. The van der Waals surface area contributed by atoms with Crippen LogP contribution in [0.1, 0.15) is 39.6 Å². The number of aromatic nitrogens is 3. The molecule has 2 aromatic carbocycles. The predicted octanol–water partition coefficient (Wildman–Crippen LogP) is 4.47. The van der Waals surface area contributed by atoms with Gasteiger partial charge in [-0.15, -0.1) is 0 Å². The van der Waals surface area contributed by atoms with Crippen molar-refractivity contribution >= 4 is 11.4 Å². The topological polar surface area (TPSA) is 75.0 Å². The number of nitrogens with zero attached hydrogens (tertiary/aromatic N) is 3. The molecule has 5 rings (SSSR count). The minimum atomic E-state index is 0.0704. The number of hydrogen-bond donors (Lipinski definition) is 0. The Hall–Kier alpha value is -3.71. The van der Waals surface area contributed by atoms with Gasteiger partial charge in [-0.3, -0.25) is 4.79 Å². The summed E-state index contributed by atoms with van der Waals surface area (Å²) in [5, 5.41) is 4.85. The molecule has 2 aromatic heterocycles. The summed E-state index contributed by atoms with van der Waals surface area (Å²) in [7, 11) is 4.94. The van der Waals surface area contributed by atoms with E-state index in [0.717, 1.165) is 39.6 Å². The van der Waals surface area contributed by atoms with Crippen molar-refractivity contribution in [1.29, 1.82) is 0 Å². The summed E-state index contributed by atoms with van der Waals surface area (Å²) in [5.74, 6) is 1.73. The molecule has 168 valence electrons. The number of ether oxygens (including phenoxy) is 3. The van der Waals surface area contributed by atoms with Gasteiger partial charge in [0, 0.05) is 19.7 Å². The van der Waals surface area contributed by atoms with Crippen molar-refractivity contribution in [3.8, 4) is 22.6 Å². The first-order valence-electron chi connectivity index (χ1n) is 10.8. The van der Waals surface area contributed by atoms with Gasteiger partial charge in [0.25, 0.3) is 0 Å². The second kappa shape index (κ2) is 8.67. The molecule has 0 fully saturated rings. The Kier molecular flexibility index (Phi) is 5.56. The first-order chi connectivity index (χ1) is 16.1. The van der Waals surface area contributed by atoms with Gasteiger partial charge in [-0.2, -0.15) is 5.10 Å². The van der Waals surface area contributed by atoms with Crippen LogP contribution in [-0.4, -0.2) is 41.7 Å². The lowest BCUT2D eigenvalue weighted by atomic mass is 9.82. The number of Topliss-reactive ketones (excluding diaryl/α,β-unsaturated/α-hetero) is 1. The number of hydrogen-bond acceptors (Lipinski definition) is 6. The average Bonchev–Trinajstić information content (AvgIpc) is 3.23. The standard InChI is InChI=1S/C26H25N3O4/c1-31-15-22-25(17-6-10-20(33-3)11-7-17)26-27-14-21-23(29(26)28-22)12-18(13-24(21)30)16-4-8-19(32-2)9-5-16/h4-11,14,18H,12-13,15H2,1-3H3/t18-/m0/s1. The van der Waals surface area contributed by atoms with Gasteiger partial charge in [-0.05, 0) is 47.7 Å². The summed E-state index contributed by atoms with van der Waals surface area (Å²) >= 11 is 0. The van der Waals surface area contributed by atoms with E-state index in [4.69, 9.17) is 19.3 Å². The van der Waals surface area contributed by atoms with E-state index >= 15 is 0 Å². The number of carbonyl (C=O) groups is 1. The largest absolute Gasteiger partial charge is 0.497 e. The highest BCUT2D eigenvalue weighted by atomic mass is 16.5. The maximum Gasteiger partial charge on any atom is 0.166 e. The van der Waals surface area contributed by atoms with Crippen LogP contribution in [0.2, 0.25) is 0 Å². The summed E-state index contributed by atoms with van der Waals surface area (Å²) in [5.41, 5.74) is 6.01. The van der Waals surface area contributed by atoms with E-state index in [0.29, 0.717) is 30.7 Å². The lowest BCUT2D eigenvalue weighted by Gasteiger charge is -2.24. The molecule has 0 saturated heterocycles. The maximum atomic E-state index is 13.0. The predicted molar refractivity (Wildman–Crippen MR) is 124 cm³/mol. The number of rotatable bonds is 6. The SMILES string of the molecule is COCc1nn2c3c(cnc2c1-c1ccc(OC)cc1)C(=O)C[C@@H](c1ccc(OC)cc1)C3. The Bertz CT molecular complexity index is 1310. The molecule has 1 aliphatic rings. The van der Waals surface area contributed by atoms with Crippen molar-refractivity contribution < 1.29 is 19.0 Å². The van der Waals surface area contributed by atoms with Gasteiger partial charge in [-0.1, -0.05) is 24.3 Å². The molecule has 7 nitrogen and oxygen atoms in total. The number of fused-ring (bicyclic) bond motifs is 3. The Morgan fingerprint density at radius 2 is 1.61 bits per heavy atom. The minimum absolute atomic E-state index is 0.0704. The number of ketones is 1. The third kappa shape index (κ3) is 3.74. The third-order valence-electron chi connectivity index (χ3n) is 6.23. The summed E-state index contributed by atoms with van der Waals surface area (Å²) in [4.78, 5) is 17.7. The zero-order valence-electron chi connectivity index (χ0n) is 18.9. The molecule has 0 unspecified atom stereocenters. The monoisotopic (exact) mass is 443 g/mol. The molecule has 0 radical (unpaired) electrons. The highest BCUT2D eigenvalue weighted by Gasteiger charge is 2.30. The number of carbonyl (C=O) groups excluding carboxylic acids is 1. The Morgan fingerprint density at radius 3 is 2.24 bits per heavy atom. The van der Waals surface area contributed by atoms with Gasteiger partial charge in [0.1, 0.15) is 11.5 Å². The Morgan fingerprint density at radius 1 is 0.939 bits per heavy atom. The van der Waals surface area contributed by atoms with Crippen LogP contribution in [0.3, 0.4) is 0 Å². The van der Waals surface area contributed by atoms with Crippen LogP contribution in [0.5, 0.6) is 11.5 Å². The highest BCUT2D eigenvalue weighted by Crippen LogP contribution is 2.36. The van der Waals surface area contributed by atoms with Crippen LogP contribution < -0.4 is 9.47 Å². The van der Waals surface area contributed by atoms with Crippen molar-refractivity contribution in [2.45, 2.75) is 25.4 Å². The van der Waals surface area contributed by atoms with Crippen LogP contribution >= 0.6 is 0 Å². The van der Waals surface area contributed by atoms with Gasteiger partial charge < -0.3 is 14.2 Å². The average molecular weight is 444 g/mol. The Balaban J connectivity index is 1.62. The van der Waals surface area contributed by atoms with E-state index in [-0.39, 0.29) is 11.7 Å². The van der Waals surface area contributed by atoms with Gasteiger partial charge >= 0.3 is 0 Å². The van der Waals surface area contributed by atoms with Gasteiger partial charge in [0.15, 0.2) is 11.4 Å². The molecule has 1 aliphatic carbocycles. The van der Waals surface area contributed by atoms with E-state index in [2.05, 4.69) is 4.98 Å². The van der Waals surface area contributed by atoms with Crippen LogP contribution in [0.15, 0.2) is 54.7 Å². The van der Waals surface area contributed by atoms with E-state index in [1.807, 2.05) is 53.0 Å². The summed E-state index contributed by atoms with van der Waals surface area (Å²) < 4.78 is 17.8. The molecule has 0 aliphatic heterocycles. The van der Waals surface area contributed by atoms with E-state index in [9.17, 15) is 4.79 Å². The molecule has 0 N–H and O–H groups in total. The van der Waals surface area contributed by atoms with Crippen molar-refractivity contribution in [1.82, 2.24) is 14.6 Å². The highest BCUT2D eigenvalue weighted by molar-refractivity contribution is 5.99. The molecular formula is C26H25N3O4. The van der Waals surface area contributed by atoms with Gasteiger partial charge in [-0.25, -0.2) is 9.50 Å². The molecule has 7 heteroatoms. The molecule has 0 spiro atoms. The molecule has 0 saturated carbocycles. The smallest absolute Gasteiger partial charge is 0.166 e. The van der Waals surface area contributed by atoms with Crippen molar-refractivity contribution in [2.24, 2.45) is 0 Å². The van der Waals surface area contributed by atoms with Crippen LogP contribution in [-0.2, 0) is 17.8 Å². The summed E-state index contributed by atoms with van der Waals surface area (Å²) in [6.45, 7) is 0.343. The van der Waals surface area contributed by atoms with Crippen LogP contribution in [0.25, 0.3) is 16.8 Å². The lowest BCUT2D eigenvalue weighted by Crippen LogP contribution is -2.22. The number of methoxy groups -OCH3 is 3. The van der Waals surface area contributed by atoms with Gasteiger partial charge in [0.2, 0.25) is 0 Å². The molecule has 4 aromatic rings. The fraction of sp³-hybridized carbons (Fsp3) is 0.269. The Labute approximate surface area is 191 Å². The number of benzene rings is 2. The summed E-state index contributed by atoms with van der Waals surface area (Å²) in [6.07, 6.45) is 2.84. The van der Waals surface area contributed by atoms with Crippen molar-refractivity contribution in [2.75, 3.05) is 21.3 Å². The fourth-order valence-corrected chi connectivity index (χ4v) is 4.55. The first kappa shape index (κ1) is 21.2. The van der Waals surface area contributed by atoms with Crippen molar-refractivity contribution in [3.63, 3.8) is 0 Å². The minimum Gasteiger partial charge on any atom is -0.497 e. The third-order valence-corrected chi connectivity index (χ3v) is 6.23. The molecular weight excluding hydrogens is 418 g/mol. The second-order valence-corrected chi connectivity index (χ2v) is 8.14. The van der Waals surface area contributed by atoms with Gasteiger partial charge in [0.05, 0.1) is 43.3 Å². The maximum absolute atomic E-state index is 13.0. The molecule has 33 heavy (non-hydrogen) atoms. The molecule has 0 amide bonds. The molecule has 1 atom stereocenters.